The first-order valence-electron chi connectivity index (χ1n) is 7.72. The number of anilines is 1. The van der Waals surface area contributed by atoms with Gasteiger partial charge in [0.25, 0.3) is 0 Å². The molecule has 1 amide bonds. The smallest absolute Gasteiger partial charge is 0.337 e. The Kier molecular flexibility index (Phi) is 4.70. The van der Waals surface area contributed by atoms with Crippen LogP contribution in [0.15, 0.2) is 54.7 Å². The highest BCUT2D eigenvalue weighted by Crippen LogP contribution is 2.19. The minimum absolute atomic E-state index is 0.139. The summed E-state index contributed by atoms with van der Waals surface area (Å²) in [5.41, 5.74) is 1.94. The first-order chi connectivity index (χ1) is 12.1. The number of aromatic nitrogens is 1. The Balaban J connectivity index is 1.77. The number of fused-ring (bicyclic) bond motifs is 1. The molecule has 0 radical (unpaired) electrons. The van der Waals surface area contributed by atoms with Gasteiger partial charge >= 0.3 is 5.97 Å². The number of carbonyl (C=O) groups excluding carboxylic acids is 2. The quantitative estimate of drug-likeness (QED) is 0.726. The molecular weight excluding hydrogens is 320 g/mol. The maximum absolute atomic E-state index is 12.3. The van der Waals surface area contributed by atoms with E-state index in [1.807, 2.05) is 18.3 Å². The van der Waals surface area contributed by atoms with Crippen molar-refractivity contribution in [2.75, 3.05) is 19.5 Å². The number of ether oxygens (including phenoxy) is 2. The Morgan fingerprint density at radius 2 is 1.80 bits per heavy atom. The fraction of sp³-hybridized carbons (Fsp3) is 0.158. The monoisotopic (exact) mass is 338 g/mol. The zero-order valence-corrected chi connectivity index (χ0v) is 14.0. The van der Waals surface area contributed by atoms with E-state index in [-0.39, 0.29) is 12.5 Å². The molecule has 25 heavy (non-hydrogen) atoms. The van der Waals surface area contributed by atoms with Crippen LogP contribution in [0.1, 0.15) is 10.4 Å². The van der Waals surface area contributed by atoms with Gasteiger partial charge in [0.1, 0.15) is 12.3 Å². The van der Waals surface area contributed by atoms with Gasteiger partial charge in [0, 0.05) is 17.4 Å². The van der Waals surface area contributed by atoms with Crippen LogP contribution >= 0.6 is 0 Å². The molecule has 0 atom stereocenters. The molecular formula is C19H18N2O4. The lowest BCUT2D eigenvalue weighted by atomic mass is 10.1. The predicted octanol–water partition coefficient (Wildman–Crippen LogP) is 3.08. The van der Waals surface area contributed by atoms with Gasteiger partial charge in [0.2, 0.25) is 5.91 Å². The molecule has 0 unspecified atom stereocenters. The second kappa shape index (κ2) is 7.09. The average Bonchev–Trinajstić information content (AvgIpc) is 3.03. The van der Waals surface area contributed by atoms with Gasteiger partial charge in [-0.25, -0.2) is 4.79 Å². The SMILES string of the molecule is COC(=O)c1ccc2ccn(CC(=O)Nc3ccc(OC)cc3)c2c1. The van der Waals surface area contributed by atoms with Crippen molar-refractivity contribution in [2.24, 2.45) is 0 Å². The van der Waals surface area contributed by atoms with Crippen molar-refractivity contribution in [2.45, 2.75) is 6.54 Å². The van der Waals surface area contributed by atoms with Crippen molar-refractivity contribution >= 4 is 28.5 Å². The molecule has 6 nitrogen and oxygen atoms in total. The summed E-state index contributed by atoms with van der Waals surface area (Å²) in [5.74, 6) is 0.160. The van der Waals surface area contributed by atoms with Crippen LogP contribution in [-0.2, 0) is 16.1 Å². The van der Waals surface area contributed by atoms with E-state index in [1.54, 1.807) is 48.1 Å². The molecule has 6 heteroatoms. The minimum Gasteiger partial charge on any atom is -0.497 e. The highest BCUT2D eigenvalue weighted by atomic mass is 16.5. The molecule has 0 saturated heterocycles. The first kappa shape index (κ1) is 16.6. The summed E-state index contributed by atoms with van der Waals surface area (Å²) in [4.78, 5) is 24.0. The molecule has 0 aliphatic rings. The summed E-state index contributed by atoms with van der Waals surface area (Å²) in [7, 11) is 2.93. The van der Waals surface area contributed by atoms with E-state index in [1.165, 1.54) is 7.11 Å². The van der Waals surface area contributed by atoms with Crippen LogP contribution in [0.4, 0.5) is 5.69 Å². The highest BCUT2D eigenvalue weighted by Gasteiger charge is 2.11. The Labute approximate surface area is 145 Å². The molecule has 0 aliphatic heterocycles. The van der Waals surface area contributed by atoms with Crippen molar-refractivity contribution in [3.63, 3.8) is 0 Å². The van der Waals surface area contributed by atoms with Gasteiger partial charge in [-0.1, -0.05) is 6.07 Å². The molecule has 1 aromatic heterocycles. The Morgan fingerprint density at radius 3 is 2.48 bits per heavy atom. The van der Waals surface area contributed by atoms with Crippen molar-refractivity contribution in [3.05, 3.63) is 60.3 Å². The average molecular weight is 338 g/mol. The number of nitrogens with zero attached hydrogens (tertiary/aromatic N) is 1. The molecule has 2 aromatic carbocycles. The lowest BCUT2D eigenvalue weighted by Gasteiger charge is -2.09. The standard InChI is InChI=1S/C19H18N2O4/c1-24-16-7-5-15(6-8-16)20-18(22)12-21-10-9-13-3-4-14(11-17(13)21)19(23)25-2/h3-11H,12H2,1-2H3,(H,20,22). The zero-order chi connectivity index (χ0) is 17.8. The van der Waals surface area contributed by atoms with Crippen molar-refractivity contribution in [1.29, 1.82) is 0 Å². The van der Waals surface area contributed by atoms with Gasteiger partial charge in [-0.2, -0.15) is 0 Å². The number of hydrogen-bond donors (Lipinski definition) is 1. The molecule has 3 aromatic rings. The number of amides is 1. The number of esters is 1. The van der Waals surface area contributed by atoms with E-state index in [9.17, 15) is 9.59 Å². The summed E-state index contributed by atoms with van der Waals surface area (Å²) in [6.07, 6.45) is 1.82. The van der Waals surface area contributed by atoms with Crippen LogP contribution in [0.25, 0.3) is 10.9 Å². The largest absolute Gasteiger partial charge is 0.497 e. The number of carbonyl (C=O) groups is 2. The lowest BCUT2D eigenvalue weighted by molar-refractivity contribution is -0.116. The summed E-state index contributed by atoms with van der Waals surface area (Å²) in [5, 5.41) is 3.79. The molecule has 128 valence electrons. The topological polar surface area (TPSA) is 69.6 Å². The summed E-state index contributed by atoms with van der Waals surface area (Å²) in [6.45, 7) is 0.139. The van der Waals surface area contributed by atoms with Crippen LogP contribution in [0.5, 0.6) is 5.75 Å². The van der Waals surface area contributed by atoms with Crippen molar-refractivity contribution in [1.82, 2.24) is 4.57 Å². The number of nitrogens with one attached hydrogen (secondary N) is 1. The van der Waals surface area contributed by atoms with Gasteiger partial charge in [0.15, 0.2) is 0 Å². The van der Waals surface area contributed by atoms with Gasteiger partial charge < -0.3 is 19.4 Å². The normalized spacial score (nSPS) is 10.5. The van der Waals surface area contributed by atoms with Crippen LogP contribution in [0, 0.1) is 0 Å². The van der Waals surface area contributed by atoms with Gasteiger partial charge in [-0.05, 0) is 47.9 Å². The van der Waals surface area contributed by atoms with E-state index in [0.29, 0.717) is 11.3 Å². The maximum atomic E-state index is 12.3. The molecule has 0 fully saturated rings. The van der Waals surface area contributed by atoms with E-state index in [2.05, 4.69) is 5.32 Å². The molecule has 1 N–H and O–H groups in total. The Bertz CT molecular complexity index is 913. The predicted molar refractivity (Wildman–Crippen MR) is 94.9 cm³/mol. The Hall–Kier alpha value is -3.28. The summed E-state index contributed by atoms with van der Waals surface area (Å²) < 4.78 is 11.6. The third-order valence-electron chi connectivity index (χ3n) is 3.88. The van der Waals surface area contributed by atoms with Crippen LogP contribution < -0.4 is 10.1 Å². The molecule has 3 rings (SSSR count). The second-order valence-corrected chi connectivity index (χ2v) is 5.49. The Morgan fingerprint density at radius 1 is 1.04 bits per heavy atom. The number of rotatable bonds is 5. The zero-order valence-electron chi connectivity index (χ0n) is 14.0. The van der Waals surface area contributed by atoms with Gasteiger partial charge in [-0.15, -0.1) is 0 Å². The number of methoxy groups -OCH3 is 2. The van der Waals surface area contributed by atoms with Crippen LogP contribution in [0.3, 0.4) is 0 Å². The van der Waals surface area contributed by atoms with Crippen molar-refractivity contribution < 1.29 is 19.1 Å². The van der Waals surface area contributed by atoms with Crippen LogP contribution in [-0.4, -0.2) is 30.7 Å². The van der Waals surface area contributed by atoms with Crippen molar-refractivity contribution in [3.8, 4) is 5.75 Å². The fourth-order valence-electron chi connectivity index (χ4n) is 2.60. The van der Waals surface area contributed by atoms with Gasteiger partial charge in [0.05, 0.1) is 19.8 Å². The molecule has 0 saturated carbocycles. The van der Waals surface area contributed by atoms with Crippen LogP contribution in [0.2, 0.25) is 0 Å². The summed E-state index contributed by atoms with van der Waals surface area (Å²) in [6, 6.07) is 14.3. The molecule has 0 spiro atoms. The summed E-state index contributed by atoms with van der Waals surface area (Å²) >= 11 is 0. The van der Waals surface area contributed by atoms with E-state index in [0.717, 1.165) is 16.7 Å². The third kappa shape index (κ3) is 3.63. The minimum atomic E-state index is -0.405. The van der Waals surface area contributed by atoms with E-state index in [4.69, 9.17) is 9.47 Å². The molecule has 0 aliphatic carbocycles. The lowest BCUT2D eigenvalue weighted by Crippen LogP contribution is -2.18. The van der Waals surface area contributed by atoms with Gasteiger partial charge in [-0.3, -0.25) is 4.79 Å². The maximum Gasteiger partial charge on any atom is 0.337 e. The number of benzene rings is 2. The highest BCUT2D eigenvalue weighted by molar-refractivity contribution is 5.96. The molecule has 0 bridgehead atoms. The third-order valence-corrected chi connectivity index (χ3v) is 3.88. The molecule has 1 heterocycles. The van der Waals surface area contributed by atoms with E-state index < -0.39 is 5.97 Å². The number of hydrogen-bond acceptors (Lipinski definition) is 4. The fourth-order valence-corrected chi connectivity index (χ4v) is 2.60. The van der Waals surface area contributed by atoms with E-state index >= 15 is 0 Å². The first-order valence-corrected chi connectivity index (χ1v) is 7.72. The second-order valence-electron chi connectivity index (χ2n) is 5.49.